The van der Waals surface area contributed by atoms with Gasteiger partial charge in [0.05, 0.1) is 22.6 Å². The Morgan fingerprint density at radius 2 is 1.00 bits per heavy atom. The van der Waals surface area contributed by atoms with Gasteiger partial charge >= 0.3 is 83.0 Å². The molecule has 0 aliphatic heterocycles. The van der Waals surface area contributed by atoms with E-state index in [-0.39, 0.29) is 59.1 Å². The maximum atomic E-state index is 11.1. The normalized spacial score (nSPS) is 12.2. The third-order valence-electron chi connectivity index (χ3n) is 2.90. The third-order valence-corrected chi connectivity index (χ3v) is 4.29. The Bertz CT molecular complexity index is 617. The molecule has 1 rings (SSSR count). The molecule has 1 aromatic rings. The summed E-state index contributed by atoms with van der Waals surface area (Å²) in [7, 11) is 0. The van der Waals surface area contributed by atoms with Gasteiger partial charge in [-0.1, -0.05) is 0 Å². The summed E-state index contributed by atoms with van der Waals surface area (Å²) in [5, 5.41) is 55.0. The second-order valence-electron chi connectivity index (χ2n) is 4.51. The van der Waals surface area contributed by atoms with E-state index < -0.39 is 69.8 Å². The van der Waals surface area contributed by atoms with Crippen molar-refractivity contribution >= 4 is 94.3 Å². The minimum absolute atomic E-state index is 0. The molecule has 0 saturated carbocycles. The first kappa shape index (κ1) is 26.4. The molecule has 10 nitrogen and oxygen atoms in total. The van der Waals surface area contributed by atoms with Crippen LogP contribution >= 0.6 is 11.3 Å². The average molecular weight is 396 g/mol. The zero-order chi connectivity index (χ0) is 17.9. The second-order valence-corrected chi connectivity index (χ2v) is 5.59. The molecule has 0 saturated heterocycles. The Morgan fingerprint density at radius 1 is 0.720 bits per heavy atom. The van der Waals surface area contributed by atoms with E-state index in [1.807, 2.05) is 0 Å². The molecule has 25 heavy (non-hydrogen) atoms. The van der Waals surface area contributed by atoms with Gasteiger partial charge in [-0.2, -0.15) is 0 Å². The first-order valence-corrected chi connectivity index (χ1v) is 6.81. The third kappa shape index (κ3) is 6.77. The number of thiophene rings is 1. The van der Waals surface area contributed by atoms with Crippen LogP contribution in [0.15, 0.2) is 0 Å². The molecule has 2 atom stereocenters. The molecule has 0 spiro atoms. The fourth-order valence-corrected chi connectivity index (χ4v) is 3.13. The minimum atomic E-state index is -1.71. The Labute approximate surface area is 188 Å². The molecule has 2 unspecified atom stereocenters. The number of hydrogen-bond acceptors (Lipinski definition) is 7. The Balaban J connectivity index is 0. The molecule has 0 fully saturated rings. The maximum absolute atomic E-state index is 11.1. The molecule has 0 aliphatic rings. The standard InChI is InChI=1S/C12H12O10S.2Na.2H/c13-5(14)1-3(11(19)20)9-7(17)8(18)10(23-9)4(12(21)22)2-6(15)16;;;;/h3-4,17-18H,1-2H2,(H,13,14)(H,15,16)(H,19,20)(H,21,22);;;;. The van der Waals surface area contributed by atoms with E-state index in [2.05, 4.69) is 0 Å². The summed E-state index contributed by atoms with van der Waals surface area (Å²) in [5.74, 6) is -11.5. The zero-order valence-electron chi connectivity index (χ0n) is 11.3. The number of carboxylic acids is 4. The van der Waals surface area contributed by atoms with Crippen molar-refractivity contribution in [2.75, 3.05) is 0 Å². The van der Waals surface area contributed by atoms with Crippen LogP contribution < -0.4 is 0 Å². The fourth-order valence-electron chi connectivity index (χ4n) is 1.85. The summed E-state index contributed by atoms with van der Waals surface area (Å²) in [6, 6.07) is 0. The van der Waals surface area contributed by atoms with Crippen LogP contribution in [0.1, 0.15) is 34.4 Å². The SMILES string of the molecule is O=C(O)CC(C(=O)O)c1sc(C(CC(=O)O)C(=O)O)c(O)c1O.[NaH].[NaH]. The van der Waals surface area contributed by atoms with E-state index in [0.717, 1.165) is 0 Å². The monoisotopic (exact) mass is 396 g/mol. The number of aromatic hydroxyl groups is 2. The van der Waals surface area contributed by atoms with E-state index in [4.69, 9.17) is 20.4 Å². The van der Waals surface area contributed by atoms with Crippen molar-refractivity contribution in [2.45, 2.75) is 24.7 Å². The summed E-state index contributed by atoms with van der Waals surface area (Å²) >= 11 is 0.355. The van der Waals surface area contributed by atoms with E-state index in [1.165, 1.54) is 0 Å². The molecule has 1 aromatic heterocycles. The van der Waals surface area contributed by atoms with Gasteiger partial charge in [-0.05, 0) is 0 Å². The summed E-state index contributed by atoms with van der Waals surface area (Å²) in [6.45, 7) is 0. The second kappa shape index (κ2) is 11.0. The van der Waals surface area contributed by atoms with Crippen molar-refractivity contribution in [1.82, 2.24) is 0 Å². The van der Waals surface area contributed by atoms with Gasteiger partial charge < -0.3 is 30.6 Å². The van der Waals surface area contributed by atoms with Crippen molar-refractivity contribution in [2.24, 2.45) is 0 Å². The van der Waals surface area contributed by atoms with E-state index in [1.54, 1.807) is 0 Å². The summed E-state index contributed by atoms with van der Waals surface area (Å²) in [5.41, 5.74) is 0. The Morgan fingerprint density at radius 3 is 1.20 bits per heavy atom. The van der Waals surface area contributed by atoms with Crippen molar-refractivity contribution < 1.29 is 49.8 Å². The van der Waals surface area contributed by atoms with Crippen molar-refractivity contribution in [3.8, 4) is 11.5 Å². The zero-order valence-corrected chi connectivity index (χ0v) is 12.1. The molecule has 1 heterocycles. The Kier molecular flexibility index (Phi) is 11.6. The van der Waals surface area contributed by atoms with Crippen LogP contribution in [0.5, 0.6) is 11.5 Å². The van der Waals surface area contributed by atoms with Crippen LogP contribution in [0, 0.1) is 0 Å². The van der Waals surface area contributed by atoms with Crippen molar-refractivity contribution in [3.63, 3.8) is 0 Å². The number of hydrogen-bond donors (Lipinski definition) is 6. The predicted octanol–water partition coefficient (Wildman–Crippen LogP) is -0.852. The number of aliphatic carboxylic acids is 4. The van der Waals surface area contributed by atoms with Gasteiger partial charge in [0.2, 0.25) is 0 Å². The first-order chi connectivity index (χ1) is 10.6. The summed E-state index contributed by atoms with van der Waals surface area (Å²) in [6.07, 6.45) is -1.81. The van der Waals surface area contributed by atoms with Crippen molar-refractivity contribution in [3.05, 3.63) is 9.75 Å². The van der Waals surface area contributed by atoms with Crippen LogP contribution in [-0.4, -0.2) is 114 Å². The molecule has 130 valence electrons. The van der Waals surface area contributed by atoms with Gasteiger partial charge in [0.1, 0.15) is 11.8 Å². The summed E-state index contributed by atoms with van der Waals surface area (Å²) in [4.78, 5) is 42.8. The Hall–Kier alpha value is -0.820. The van der Waals surface area contributed by atoms with Gasteiger partial charge in [0.15, 0.2) is 11.5 Å². The fraction of sp³-hybridized carbons (Fsp3) is 0.333. The molecule has 13 heteroatoms. The topological polar surface area (TPSA) is 190 Å². The van der Waals surface area contributed by atoms with E-state index >= 15 is 0 Å². The molecule has 0 aromatic carbocycles. The van der Waals surface area contributed by atoms with Crippen molar-refractivity contribution in [1.29, 1.82) is 0 Å². The molecule has 0 amide bonds. The van der Waals surface area contributed by atoms with Crippen LogP contribution in [-0.2, 0) is 19.2 Å². The van der Waals surface area contributed by atoms with Crippen LogP contribution in [0.3, 0.4) is 0 Å². The molecule has 0 radical (unpaired) electrons. The van der Waals surface area contributed by atoms with Crippen LogP contribution in [0.2, 0.25) is 0 Å². The van der Waals surface area contributed by atoms with Gasteiger partial charge in [-0.25, -0.2) is 0 Å². The molecule has 0 aliphatic carbocycles. The molecule has 0 bridgehead atoms. The number of carbonyl (C=O) groups is 4. The van der Waals surface area contributed by atoms with Crippen LogP contribution in [0.25, 0.3) is 0 Å². The van der Waals surface area contributed by atoms with Gasteiger partial charge in [-0.15, -0.1) is 11.3 Å². The molecular weight excluding hydrogens is 382 g/mol. The van der Waals surface area contributed by atoms with Gasteiger partial charge in [0.25, 0.3) is 0 Å². The number of carboxylic acid groups (broad SMARTS) is 4. The quantitative estimate of drug-likeness (QED) is 0.302. The average Bonchev–Trinajstić information content (AvgIpc) is 2.69. The first-order valence-electron chi connectivity index (χ1n) is 5.99. The van der Waals surface area contributed by atoms with Gasteiger partial charge in [0, 0.05) is 0 Å². The molecule has 6 N–H and O–H groups in total. The number of rotatable bonds is 8. The van der Waals surface area contributed by atoms with E-state index in [0.29, 0.717) is 11.3 Å². The molecular formula is C12H14Na2O10S. The van der Waals surface area contributed by atoms with Crippen LogP contribution in [0.4, 0.5) is 0 Å². The van der Waals surface area contributed by atoms with E-state index in [9.17, 15) is 29.4 Å². The summed E-state index contributed by atoms with van der Waals surface area (Å²) < 4.78 is 0. The van der Waals surface area contributed by atoms with Gasteiger partial charge in [-0.3, -0.25) is 19.2 Å². The predicted molar refractivity (Wildman–Crippen MR) is 87.2 cm³/mol.